The van der Waals surface area contributed by atoms with Crippen molar-refractivity contribution in [2.45, 2.75) is 0 Å². The van der Waals surface area contributed by atoms with E-state index >= 15 is 0 Å². The van der Waals surface area contributed by atoms with Crippen LogP contribution >= 0.6 is 0 Å². The maximum Gasteiger partial charge on any atom is 0.238 e. The highest BCUT2D eigenvalue weighted by molar-refractivity contribution is 6.25. The summed E-state index contributed by atoms with van der Waals surface area (Å²) >= 11 is 0. The molecule has 294 valence electrons. The van der Waals surface area contributed by atoms with E-state index in [9.17, 15) is 0 Å². The van der Waals surface area contributed by atoms with Crippen LogP contribution in [0.4, 0.5) is 0 Å². The van der Waals surface area contributed by atoms with Crippen LogP contribution in [0, 0.1) is 0 Å². The van der Waals surface area contributed by atoms with Crippen LogP contribution in [-0.4, -0.2) is 24.1 Å². The molecule has 0 aliphatic rings. The van der Waals surface area contributed by atoms with Gasteiger partial charge >= 0.3 is 0 Å². The lowest BCUT2D eigenvalue weighted by Crippen LogP contribution is -2.06. The standard InChI is InChI=1S/C57H35N5O/c1-3-16-36(17-4-1)38-20-13-22-40(34-38)55-58-56(60-57(59-55)62-49-30-11-7-24-42(49)43-25-8-12-31-50(43)62)47-28-15-27-46-52-51(63-54(46)47)33-32-45-44-26-9-10-29-48(44)61(53(45)52)41-23-14-21-39(35-41)37-18-5-2-6-19-37/h1-35H. The third-order valence-corrected chi connectivity index (χ3v) is 12.4. The second kappa shape index (κ2) is 14.0. The van der Waals surface area contributed by atoms with Crippen LogP contribution in [0.1, 0.15) is 0 Å². The predicted molar refractivity (Wildman–Crippen MR) is 258 cm³/mol. The number of benzene rings is 9. The van der Waals surface area contributed by atoms with Gasteiger partial charge in [-0.2, -0.15) is 9.97 Å². The van der Waals surface area contributed by atoms with E-state index in [1.165, 1.54) is 10.9 Å². The Kier molecular flexibility index (Phi) is 7.80. The first-order chi connectivity index (χ1) is 31.2. The molecular weight excluding hydrogens is 771 g/mol. The van der Waals surface area contributed by atoms with Crippen LogP contribution in [0.25, 0.3) is 122 Å². The Morgan fingerprint density at radius 2 is 0.873 bits per heavy atom. The topological polar surface area (TPSA) is 61.7 Å². The van der Waals surface area contributed by atoms with E-state index in [-0.39, 0.29) is 0 Å². The van der Waals surface area contributed by atoms with Crippen molar-refractivity contribution >= 4 is 65.6 Å². The van der Waals surface area contributed by atoms with Gasteiger partial charge in [-0.3, -0.25) is 4.57 Å². The molecule has 0 fully saturated rings. The monoisotopic (exact) mass is 805 g/mol. The molecule has 9 aromatic carbocycles. The summed E-state index contributed by atoms with van der Waals surface area (Å²) in [6.45, 7) is 0. The summed E-state index contributed by atoms with van der Waals surface area (Å²) in [5, 5.41) is 6.64. The van der Waals surface area contributed by atoms with E-state index in [0.717, 1.165) is 93.7 Å². The van der Waals surface area contributed by atoms with Crippen molar-refractivity contribution < 1.29 is 4.42 Å². The second-order valence-corrected chi connectivity index (χ2v) is 16.0. The summed E-state index contributed by atoms with van der Waals surface area (Å²) in [5.41, 5.74) is 13.1. The molecule has 4 heterocycles. The Hall–Kier alpha value is -8.61. The number of nitrogens with zero attached hydrogens (tertiary/aromatic N) is 5. The summed E-state index contributed by atoms with van der Waals surface area (Å²) in [6, 6.07) is 74.3. The molecule has 6 nitrogen and oxygen atoms in total. The molecule has 6 heteroatoms. The van der Waals surface area contributed by atoms with Crippen molar-refractivity contribution in [1.82, 2.24) is 24.1 Å². The first-order valence-electron chi connectivity index (χ1n) is 21.2. The molecule has 0 radical (unpaired) electrons. The van der Waals surface area contributed by atoms with Crippen molar-refractivity contribution in [2.24, 2.45) is 0 Å². The summed E-state index contributed by atoms with van der Waals surface area (Å²) in [6.07, 6.45) is 0. The number of rotatable bonds is 6. The van der Waals surface area contributed by atoms with Crippen molar-refractivity contribution in [2.75, 3.05) is 0 Å². The molecule has 0 unspecified atom stereocenters. The van der Waals surface area contributed by atoms with Gasteiger partial charge in [0.1, 0.15) is 11.2 Å². The van der Waals surface area contributed by atoms with E-state index in [1.54, 1.807) is 0 Å². The van der Waals surface area contributed by atoms with Crippen LogP contribution in [0.15, 0.2) is 217 Å². The molecule has 4 aromatic heterocycles. The van der Waals surface area contributed by atoms with Crippen LogP contribution in [0.5, 0.6) is 0 Å². The highest BCUT2D eigenvalue weighted by Gasteiger charge is 2.23. The Labute approximate surface area is 361 Å². The Morgan fingerprint density at radius 3 is 1.57 bits per heavy atom. The van der Waals surface area contributed by atoms with Gasteiger partial charge in [0.25, 0.3) is 0 Å². The summed E-state index contributed by atoms with van der Waals surface area (Å²) < 4.78 is 11.5. The van der Waals surface area contributed by atoms with Crippen LogP contribution in [-0.2, 0) is 0 Å². The second-order valence-electron chi connectivity index (χ2n) is 16.0. The maximum atomic E-state index is 7.00. The number of furan rings is 1. The highest BCUT2D eigenvalue weighted by atomic mass is 16.3. The van der Waals surface area contributed by atoms with Gasteiger partial charge in [0.15, 0.2) is 11.6 Å². The minimum atomic E-state index is 0.527. The first-order valence-corrected chi connectivity index (χ1v) is 21.2. The average molecular weight is 806 g/mol. The minimum Gasteiger partial charge on any atom is -0.455 e. The lowest BCUT2D eigenvalue weighted by Gasteiger charge is -2.12. The van der Waals surface area contributed by atoms with Crippen LogP contribution in [0.3, 0.4) is 0 Å². The predicted octanol–water partition coefficient (Wildman–Crippen LogP) is 14.6. The van der Waals surface area contributed by atoms with Gasteiger partial charge in [0.2, 0.25) is 5.95 Å². The molecular formula is C57H35N5O. The van der Waals surface area contributed by atoms with Crippen molar-refractivity contribution in [1.29, 1.82) is 0 Å². The molecule has 13 aromatic rings. The Morgan fingerprint density at radius 1 is 0.349 bits per heavy atom. The van der Waals surface area contributed by atoms with Gasteiger partial charge in [0.05, 0.1) is 33.0 Å². The summed E-state index contributed by atoms with van der Waals surface area (Å²) in [7, 11) is 0. The molecule has 0 N–H and O–H groups in total. The zero-order chi connectivity index (χ0) is 41.4. The zero-order valence-electron chi connectivity index (χ0n) is 33.9. The number of hydrogen-bond acceptors (Lipinski definition) is 4. The fourth-order valence-corrected chi connectivity index (χ4v) is 9.56. The quantitative estimate of drug-likeness (QED) is 0.168. The molecule has 0 saturated carbocycles. The molecule has 0 atom stereocenters. The Balaban J connectivity index is 1.08. The lowest BCUT2D eigenvalue weighted by molar-refractivity contribution is 0.669. The first kappa shape index (κ1) is 35.2. The number of fused-ring (bicyclic) bond motifs is 10. The average Bonchev–Trinajstić information content (AvgIpc) is 4.02. The van der Waals surface area contributed by atoms with Crippen LogP contribution in [0.2, 0.25) is 0 Å². The van der Waals surface area contributed by atoms with Crippen LogP contribution < -0.4 is 0 Å². The van der Waals surface area contributed by atoms with Gasteiger partial charge < -0.3 is 8.98 Å². The number of para-hydroxylation sites is 4. The van der Waals surface area contributed by atoms with Gasteiger partial charge in [0, 0.05) is 38.2 Å². The van der Waals surface area contributed by atoms with E-state index in [1.807, 2.05) is 6.07 Å². The zero-order valence-corrected chi connectivity index (χ0v) is 33.9. The molecule has 0 spiro atoms. The van der Waals surface area contributed by atoms with Gasteiger partial charge in [-0.25, -0.2) is 4.98 Å². The third kappa shape index (κ3) is 5.55. The van der Waals surface area contributed by atoms with Gasteiger partial charge in [-0.1, -0.05) is 158 Å². The highest BCUT2D eigenvalue weighted by Crippen LogP contribution is 2.43. The van der Waals surface area contributed by atoms with Crippen molar-refractivity contribution in [3.63, 3.8) is 0 Å². The number of aromatic nitrogens is 5. The molecule has 0 saturated heterocycles. The molecule has 63 heavy (non-hydrogen) atoms. The lowest BCUT2D eigenvalue weighted by atomic mass is 10.0. The smallest absolute Gasteiger partial charge is 0.238 e. The summed E-state index contributed by atoms with van der Waals surface area (Å²) in [4.78, 5) is 15.9. The molecule has 0 amide bonds. The van der Waals surface area contributed by atoms with Crippen molar-refractivity contribution in [3.8, 4) is 56.7 Å². The van der Waals surface area contributed by atoms with E-state index in [0.29, 0.717) is 17.6 Å². The van der Waals surface area contributed by atoms with E-state index in [2.05, 4.69) is 215 Å². The normalized spacial score (nSPS) is 11.8. The van der Waals surface area contributed by atoms with E-state index in [4.69, 9.17) is 19.4 Å². The molecule has 13 rings (SSSR count). The SMILES string of the molecule is c1ccc(-c2cccc(-c3nc(-c4cccc5c4oc4ccc6c7ccccc7n(-c7cccc(-c8ccccc8)c7)c6c45)nc(-n4c5ccccc5c5ccccc54)n3)c2)cc1. The van der Waals surface area contributed by atoms with Crippen molar-refractivity contribution in [3.05, 3.63) is 212 Å². The molecule has 0 aliphatic carbocycles. The molecule has 0 aliphatic heterocycles. The summed E-state index contributed by atoms with van der Waals surface area (Å²) in [5.74, 6) is 1.63. The third-order valence-electron chi connectivity index (χ3n) is 12.4. The minimum absolute atomic E-state index is 0.527. The largest absolute Gasteiger partial charge is 0.455 e. The number of hydrogen-bond donors (Lipinski definition) is 0. The fourth-order valence-electron chi connectivity index (χ4n) is 9.56. The Bertz CT molecular complexity index is 3860. The fraction of sp³-hybridized carbons (Fsp3) is 0. The molecule has 0 bridgehead atoms. The van der Waals surface area contributed by atoms with Gasteiger partial charge in [-0.05, 0) is 76.9 Å². The van der Waals surface area contributed by atoms with Gasteiger partial charge in [-0.15, -0.1) is 0 Å². The van der Waals surface area contributed by atoms with E-state index < -0.39 is 0 Å². The maximum absolute atomic E-state index is 7.00.